The maximum absolute atomic E-state index is 12.3. The third-order valence-electron chi connectivity index (χ3n) is 3.53. The molecule has 2 rings (SSSR count). The number of nitrogens with one attached hydrogen (secondary N) is 1. The van der Waals surface area contributed by atoms with Crippen LogP contribution in [0.15, 0.2) is 4.42 Å². The number of nitrogens with zero attached hydrogens (tertiary/aromatic N) is 2. The van der Waals surface area contributed by atoms with Gasteiger partial charge in [0.05, 0.1) is 12.2 Å². The quantitative estimate of drug-likeness (QED) is 0.881. The fourth-order valence-corrected chi connectivity index (χ4v) is 2.13. The van der Waals surface area contributed by atoms with Crippen LogP contribution in [0.2, 0.25) is 0 Å². The fourth-order valence-electron chi connectivity index (χ4n) is 2.13. The van der Waals surface area contributed by atoms with E-state index in [1.54, 1.807) is 6.92 Å². The van der Waals surface area contributed by atoms with E-state index in [9.17, 15) is 9.59 Å². The number of aromatic nitrogens is 1. The van der Waals surface area contributed by atoms with Gasteiger partial charge in [0.2, 0.25) is 17.7 Å². The average Bonchev–Trinajstić information content (AvgIpc) is 2.68. The average molecular weight is 265 g/mol. The second kappa shape index (κ2) is 5.03. The van der Waals surface area contributed by atoms with Gasteiger partial charge in [0.1, 0.15) is 17.8 Å². The number of piperazine rings is 1. The van der Waals surface area contributed by atoms with Gasteiger partial charge in [-0.05, 0) is 27.2 Å². The van der Waals surface area contributed by atoms with E-state index in [0.29, 0.717) is 12.3 Å². The zero-order valence-electron chi connectivity index (χ0n) is 11.7. The summed E-state index contributed by atoms with van der Waals surface area (Å²) in [4.78, 5) is 29.9. The lowest BCUT2D eigenvalue weighted by molar-refractivity contribution is -0.149. The number of amides is 2. The minimum absolute atomic E-state index is 0.0805. The molecule has 1 fully saturated rings. The molecule has 2 amide bonds. The summed E-state index contributed by atoms with van der Waals surface area (Å²) in [6.07, 6.45) is 0.581. The molecule has 2 heterocycles. The van der Waals surface area contributed by atoms with E-state index in [0.717, 1.165) is 11.5 Å². The van der Waals surface area contributed by atoms with Crippen molar-refractivity contribution in [2.24, 2.45) is 0 Å². The van der Waals surface area contributed by atoms with E-state index < -0.39 is 12.1 Å². The number of rotatable bonds is 3. The smallest absolute Gasteiger partial charge is 0.246 e. The molecule has 2 unspecified atom stereocenters. The van der Waals surface area contributed by atoms with E-state index in [-0.39, 0.29) is 18.4 Å². The number of carbonyl (C=O) groups is 2. The highest BCUT2D eigenvalue weighted by Gasteiger charge is 2.37. The first kappa shape index (κ1) is 13.6. The summed E-state index contributed by atoms with van der Waals surface area (Å²) in [5.41, 5.74) is 0.809. The second-order valence-corrected chi connectivity index (χ2v) is 4.86. The van der Waals surface area contributed by atoms with Gasteiger partial charge in [-0.3, -0.25) is 9.59 Å². The highest BCUT2D eigenvalue weighted by Crippen LogP contribution is 2.17. The molecule has 6 heteroatoms. The van der Waals surface area contributed by atoms with Crippen LogP contribution >= 0.6 is 0 Å². The molecule has 1 aliphatic heterocycles. The van der Waals surface area contributed by atoms with E-state index in [2.05, 4.69) is 10.3 Å². The Morgan fingerprint density at radius 3 is 2.58 bits per heavy atom. The van der Waals surface area contributed by atoms with Crippen molar-refractivity contribution in [1.82, 2.24) is 15.2 Å². The summed E-state index contributed by atoms with van der Waals surface area (Å²) in [7, 11) is 0. The Labute approximate surface area is 112 Å². The molecule has 1 saturated heterocycles. The zero-order chi connectivity index (χ0) is 14.2. The Balaban J connectivity index is 2.20. The molecule has 0 bridgehead atoms. The lowest BCUT2D eigenvalue weighted by Gasteiger charge is -2.36. The molecule has 0 saturated carbocycles. The van der Waals surface area contributed by atoms with Crippen LogP contribution < -0.4 is 5.32 Å². The normalized spacial score (nSPS) is 23.7. The molecule has 1 N–H and O–H groups in total. The third-order valence-corrected chi connectivity index (χ3v) is 3.53. The summed E-state index contributed by atoms with van der Waals surface area (Å²) in [6.45, 7) is 7.50. The van der Waals surface area contributed by atoms with Crippen molar-refractivity contribution < 1.29 is 14.0 Å². The van der Waals surface area contributed by atoms with Gasteiger partial charge in [-0.15, -0.1) is 0 Å². The topological polar surface area (TPSA) is 75.4 Å². The molecular formula is C13H19N3O3. The van der Waals surface area contributed by atoms with E-state index in [4.69, 9.17) is 4.42 Å². The number of oxazole rings is 1. The molecule has 0 radical (unpaired) electrons. The van der Waals surface area contributed by atoms with Crippen molar-refractivity contribution in [2.45, 2.75) is 52.7 Å². The monoisotopic (exact) mass is 265 g/mol. The van der Waals surface area contributed by atoms with Gasteiger partial charge in [0.25, 0.3) is 0 Å². The van der Waals surface area contributed by atoms with Gasteiger partial charge in [-0.25, -0.2) is 4.98 Å². The largest absolute Gasteiger partial charge is 0.444 e. The van der Waals surface area contributed by atoms with Crippen molar-refractivity contribution in [3.63, 3.8) is 0 Å². The molecule has 6 nitrogen and oxygen atoms in total. The molecule has 1 aromatic heterocycles. The SMILES string of the molecule is CCC1NC(=O)C(C)N(Cc2nc(C)c(C)o2)C1=O. The standard InChI is InChI=1S/C13H19N3O3/c1-5-10-13(18)16(8(3)12(17)15-10)6-11-14-7(2)9(4)19-11/h8,10H,5-6H2,1-4H3,(H,15,17). The first-order valence-corrected chi connectivity index (χ1v) is 6.47. The Kier molecular flexibility index (Phi) is 3.59. The maximum atomic E-state index is 12.3. The van der Waals surface area contributed by atoms with Crippen LogP contribution in [0.25, 0.3) is 0 Å². The summed E-state index contributed by atoms with van der Waals surface area (Å²) < 4.78 is 5.48. The summed E-state index contributed by atoms with van der Waals surface area (Å²) in [5.74, 6) is 0.998. The van der Waals surface area contributed by atoms with E-state index >= 15 is 0 Å². The predicted molar refractivity (Wildman–Crippen MR) is 68.2 cm³/mol. The Morgan fingerprint density at radius 1 is 1.37 bits per heavy atom. The van der Waals surface area contributed by atoms with E-state index in [1.807, 2.05) is 20.8 Å². The van der Waals surface area contributed by atoms with Gasteiger partial charge < -0.3 is 14.6 Å². The third kappa shape index (κ3) is 2.47. The van der Waals surface area contributed by atoms with Crippen molar-refractivity contribution in [2.75, 3.05) is 0 Å². The lowest BCUT2D eigenvalue weighted by atomic mass is 10.1. The van der Waals surface area contributed by atoms with Gasteiger partial charge in [0.15, 0.2) is 0 Å². The number of aryl methyl sites for hydroxylation is 2. The van der Waals surface area contributed by atoms with Crippen LogP contribution in [-0.4, -0.2) is 33.8 Å². The molecule has 0 aliphatic carbocycles. The van der Waals surface area contributed by atoms with Crippen LogP contribution in [0.5, 0.6) is 0 Å². The first-order chi connectivity index (χ1) is 8.93. The van der Waals surface area contributed by atoms with E-state index in [1.165, 1.54) is 4.90 Å². The molecule has 19 heavy (non-hydrogen) atoms. The van der Waals surface area contributed by atoms with Gasteiger partial charge in [0, 0.05) is 0 Å². The molecule has 0 spiro atoms. The van der Waals surface area contributed by atoms with Gasteiger partial charge in [-0.1, -0.05) is 6.92 Å². The van der Waals surface area contributed by atoms with Crippen LogP contribution in [-0.2, 0) is 16.1 Å². The first-order valence-electron chi connectivity index (χ1n) is 6.47. The Morgan fingerprint density at radius 2 is 2.05 bits per heavy atom. The Bertz CT molecular complexity index is 490. The molecule has 1 aromatic rings. The minimum Gasteiger partial charge on any atom is -0.444 e. The highest BCUT2D eigenvalue weighted by atomic mass is 16.4. The van der Waals surface area contributed by atoms with Crippen molar-refractivity contribution in [3.8, 4) is 0 Å². The number of hydrogen-bond donors (Lipinski definition) is 1. The van der Waals surface area contributed by atoms with Crippen molar-refractivity contribution >= 4 is 11.8 Å². The number of hydrogen-bond acceptors (Lipinski definition) is 4. The Hall–Kier alpha value is -1.85. The predicted octanol–water partition coefficient (Wildman–Crippen LogP) is 0.917. The van der Waals surface area contributed by atoms with Crippen LogP contribution in [0.1, 0.15) is 37.6 Å². The van der Waals surface area contributed by atoms with Crippen molar-refractivity contribution in [3.05, 3.63) is 17.3 Å². The lowest BCUT2D eigenvalue weighted by Crippen LogP contribution is -2.61. The summed E-state index contributed by atoms with van der Waals surface area (Å²) in [6, 6.07) is -0.941. The van der Waals surface area contributed by atoms with Crippen LogP contribution in [0.3, 0.4) is 0 Å². The van der Waals surface area contributed by atoms with Crippen LogP contribution in [0.4, 0.5) is 0 Å². The highest BCUT2D eigenvalue weighted by molar-refractivity contribution is 5.96. The molecular weight excluding hydrogens is 246 g/mol. The molecule has 1 aliphatic rings. The van der Waals surface area contributed by atoms with Gasteiger partial charge >= 0.3 is 0 Å². The number of carbonyl (C=O) groups excluding carboxylic acids is 2. The summed E-state index contributed by atoms with van der Waals surface area (Å²) in [5, 5.41) is 2.72. The van der Waals surface area contributed by atoms with Crippen LogP contribution in [0, 0.1) is 13.8 Å². The maximum Gasteiger partial charge on any atom is 0.246 e. The minimum atomic E-state index is -0.497. The molecule has 2 atom stereocenters. The van der Waals surface area contributed by atoms with Crippen molar-refractivity contribution in [1.29, 1.82) is 0 Å². The van der Waals surface area contributed by atoms with Gasteiger partial charge in [-0.2, -0.15) is 0 Å². The molecule has 104 valence electrons. The zero-order valence-corrected chi connectivity index (χ0v) is 11.7. The second-order valence-electron chi connectivity index (χ2n) is 4.86. The summed E-state index contributed by atoms with van der Waals surface area (Å²) >= 11 is 0. The molecule has 0 aromatic carbocycles. The fraction of sp³-hybridized carbons (Fsp3) is 0.615.